The highest BCUT2D eigenvalue weighted by atomic mass is 32.2. The number of carbonyl (C=O) groups excluding carboxylic acids is 1. The molecule has 3 aromatic rings. The van der Waals surface area contributed by atoms with Crippen molar-refractivity contribution in [3.05, 3.63) is 83.4 Å². The maximum absolute atomic E-state index is 14.0. The van der Waals surface area contributed by atoms with Crippen LogP contribution in [0.3, 0.4) is 0 Å². The van der Waals surface area contributed by atoms with E-state index in [1.54, 1.807) is 19.2 Å². The van der Waals surface area contributed by atoms with Crippen LogP contribution in [0.1, 0.15) is 82.5 Å². The molecule has 214 valence electrons. The van der Waals surface area contributed by atoms with Crippen LogP contribution < -0.4 is 4.74 Å². The first-order valence-corrected chi connectivity index (χ1v) is 15.5. The smallest absolute Gasteiger partial charge is 0.344 e. The zero-order valence-corrected chi connectivity index (χ0v) is 25.3. The summed E-state index contributed by atoms with van der Waals surface area (Å²) in [7, 11) is -2.13. The van der Waals surface area contributed by atoms with Crippen LogP contribution in [0, 0.1) is 0 Å². The van der Waals surface area contributed by atoms with Gasteiger partial charge >= 0.3 is 5.97 Å². The minimum Gasteiger partial charge on any atom is -0.482 e. The van der Waals surface area contributed by atoms with E-state index in [4.69, 9.17) is 9.47 Å². The summed E-state index contributed by atoms with van der Waals surface area (Å²) in [5, 5.41) is 0. The van der Waals surface area contributed by atoms with Gasteiger partial charge in [-0.15, -0.1) is 0 Å². The fourth-order valence-corrected chi connectivity index (χ4v) is 6.64. The first kappa shape index (κ1) is 29.8. The Hall–Kier alpha value is -3.16. The van der Waals surface area contributed by atoms with Gasteiger partial charge in [0.25, 0.3) is 0 Å². The number of hydrogen-bond donors (Lipinski definition) is 0. The second-order valence-corrected chi connectivity index (χ2v) is 13.8. The molecule has 0 N–H and O–H groups in total. The summed E-state index contributed by atoms with van der Waals surface area (Å²) in [4.78, 5) is 12.5. The third-order valence-electron chi connectivity index (χ3n) is 7.28. The average Bonchev–Trinajstić information content (AvgIpc) is 3.13. The molecule has 3 aromatic carbocycles. The van der Waals surface area contributed by atoms with Gasteiger partial charge in [0.05, 0.1) is 10.9 Å². The molecule has 0 saturated heterocycles. The predicted octanol–water partition coefficient (Wildman–Crippen LogP) is 7.29. The maximum atomic E-state index is 14.0. The fraction of sp³-hybridized carbons (Fsp3) is 0.424. The first-order valence-electron chi connectivity index (χ1n) is 14.0. The van der Waals surface area contributed by atoms with Gasteiger partial charge in [-0.05, 0) is 92.0 Å². The molecule has 1 unspecified atom stereocenters. The standard InChI is InChI=1S/C33H41NO5S/c1-23(2)24-12-9-13-25(20-24)26-14-10-15-27(21-26)40(36,37)34(6)30-18-8-7-16-29-28(30)17-11-19-31(29)38-22-32(35)39-33(3,4)5/h9-15,17,19-21,23,30H,7-8,16,18,22H2,1-6H3. The third kappa shape index (κ3) is 6.94. The van der Waals surface area contributed by atoms with Crippen LogP contribution in [0.25, 0.3) is 11.1 Å². The van der Waals surface area contributed by atoms with Gasteiger partial charge in [-0.25, -0.2) is 13.2 Å². The van der Waals surface area contributed by atoms with E-state index in [0.29, 0.717) is 18.1 Å². The normalized spacial score (nSPS) is 15.9. The van der Waals surface area contributed by atoms with Crippen molar-refractivity contribution in [2.75, 3.05) is 13.7 Å². The number of rotatable bonds is 8. The number of sulfonamides is 1. The number of esters is 1. The molecule has 0 saturated carbocycles. The number of hydrogen-bond acceptors (Lipinski definition) is 5. The summed E-state index contributed by atoms with van der Waals surface area (Å²) in [6.07, 6.45) is 3.25. The van der Waals surface area contributed by atoms with Crippen LogP contribution in [0.15, 0.2) is 71.6 Å². The van der Waals surface area contributed by atoms with E-state index < -0.39 is 21.6 Å². The van der Waals surface area contributed by atoms with Gasteiger partial charge in [-0.3, -0.25) is 0 Å². The Morgan fingerprint density at radius 3 is 2.35 bits per heavy atom. The molecule has 0 heterocycles. The highest BCUT2D eigenvalue weighted by molar-refractivity contribution is 7.89. The minimum absolute atomic E-state index is 0.197. The lowest BCUT2D eigenvalue weighted by Gasteiger charge is -2.29. The van der Waals surface area contributed by atoms with Crippen LogP contribution >= 0.6 is 0 Å². The van der Waals surface area contributed by atoms with Crippen molar-refractivity contribution >= 4 is 16.0 Å². The highest BCUT2D eigenvalue weighted by Crippen LogP contribution is 2.39. The molecule has 0 bridgehead atoms. The molecule has 1 aliphatic rings. The van der Waals surface area contributed by atoms with Gasteiger partial charge in [-0.2, -0.15) is 4.31 Å². The number of benzene rings is 3. The SMILES string of the molecule is CC(C)c1cccc(-c2cccc(S(=O)(=O)N(C)C3CCCCc4c(OCC(=O)OC(C)(C)C)cccc43)c2)c1. The van der Waals surface area contributed by atoms with E-state index >= 15 is 0 Å². The van der Waals surface area contributed by atoms with E-state index in [2.05, 4.69) is 26.0 Å². The quantitative estimate of drug-likeness (QED) is 0.213. The van der Waals surface area contributed by atoms with Crippen LogP contribution in [-0.4, -0.2) is 37.9 Å². The van der Waals surface area contributed by atoms with E-state index in [0.717, 1.165) is 41.5 Å². The molecule has 0 aliphatic heterocycles. The Morgan fingerprint density at radius 1 is 0.975 bits per heavy atom. The van der Waals surface area contributed by atoms with Crippen LogP contribution in [0.4, 0.5) is 0 Å². The summed E-state index contributed by atoms with van der Waals surface area (Å²) < 4.78 is 40.8. The van der Waals surface area contributed by atoms with Gasteiger partial charge in [0, 0.05) is 7.05 Å². The monoisotopic (exact) mass is 563 g/mol. The third-order valence-corrected chi connectivity index (χ3v) is 9.15. The number of fused-ring (bicyclic) bond motifs is 1. The van der Waals surface area contributed by atoms with Gasteiger partial charge in [0.1, 0.15) is 11.4 Å². The van der Waals surface area contributed by atoms with E-state index in [-0.39, 0.29) is 17.5 Å². The van der Waals surface area contributed by atoms with Crippen molar-refractivity contribution in [2.24, 2.45) is 0 Å². The van der Waals surface area contributed by atoms with Gasteiger partial charge in [-0.1, -0.05) is 68.8 Å². The Morgan fingerprint density at radius 2 is 1.65 bits per heavy atom. The number of carbonyl (C=O) groups is 1. The Bertz CT molecular complexity index is 1460. The van der Waals surface area contributed by atoms with Crippen LogP contribution in [-0.2, 0) is 26.0 Å². The molecular weight excluding hydrogens is 522 g/mol. The predicted molar refractivity (Wildman–Crippen MR) is 159 cm³/mol. The topological polar surface area (TPSA) is 72.9 Å². The summed E-state index contributed by atoms with van der Waals surface area (Å²) in [5.74, 6) is 0.549. The molecule has 0 aromatic heterocycles. The Kier molecular flexibility index (Phi) is 9.06. The molecule has 40 heavy (non-hydrogen) atoms. The average molecular weight is 564 g/mol. The largest absolute Gasteiger partial charge is 0.482 e. The zero-order valence-electron chi connectivity index (χ0n) is 24.4. The van der Waals surface area contributed by atoms with E-state index in [9.17, 15) is 13.2 Å². The van der Waals surface area contributed by atoms with Gasteiger partial charge in [0.15, 0.2) is 6.61 Å². The van der Waals surface area contributed by atoms with Gasteiger partial charge < -0.3 is 9.47 Å². The fourth-order valence-electron chi connectivity index (χ4n) is 5.23. The van der Waals surface area contributed by atoms with Crippen molar-refractivity contribution in [3.8, 4) is 16.9 Å². The molecule has 0 amide bonds. The molecule has 0 radical (unpaired) electrons. The second-order valence-electron chi connectivity index (χ2n) is 11.8. The first-order chi connectivity index (χ1) is 18.9. The molecule has 7 heteroatoms. The van der Waals surface area contributed by atoms with E-state index in [1.807, 2.05) is 63.2 Å². The maximum Gasteiger partial charge on any atom is 0.344 e. The lowest BCUT2D eigenvalue weighted by atomic mass is 9.97. The van der Waals surface area contributed by atoms with E-state index in [1.165, 1.54) is 9.87 Å². The molecule has 1 atom stereocenters. The van der Waals surface area contributed by atoms with Gasteiger partial charge in [0.2, 0.25) is 10.0 Å². The molecule has 0 fully saturated rings. The lowest BCUT2D eigenvalue weighted by Crippen LogP contribution is -2.31. The Labute approximate surface area is 239 Å². The zero-order chi connectivity index (χ0) is 29.1. The second kappa shape index (κ2) is 12.1. The van der Waals surface area contributed by atoms with Crippen molar-refractivity contribution in [1.82, 2.24) is 4.31 Å². The van der Waals surface area contributed by atoms with Crippen LogP contribution in [0.5, 0.6) is 5.75 Å². The van der Waals surface area contributed by atoms with Crippen molar-refractivity contribution in [3.63, 3.8) is 0 Å². The number of nitrogens with zero attached hydrogens (tertiary/aromatic N) is 1. The van der Waals surface area contributed by atoms with Crippen LogP contribution in [0.2, 0.25) is 0 Å². The molecule has 0 spiro atoms. The summed E-state index contributed by atoms with van der Waals surface area (Å²) >= 11 is 0. The Balaban J connectivity index is 1.62. The molecule has 6 nitrogen and oxygen atoms in total. The highest BCUT2D eigenvalue weighted by Gasteiger charge is 2.32. The molecular formula is C33H41NO5S. The molecule has 1 aliphatic carbocycles. The lowest BCUT2D eigenvalue weighted by molar-refractivity contribution is -0.157. The van der Waals surface area contributed by atoms with Crippen molar-refractivity contribution < 1.29 is 22.7 Å². The summed E-state index contributed by atoms with van der Waals surface area (Å²) in [6, 6.07) is 20.8. The minimum atomic E-state index is -3.79. The van der Waals surface area contributed by atoms with Crippen molar-refractivity contribution in [2.45, 2.75) is 82.8 Å². The molecule has 4 rings (SSSR count). The number of ether oxygens (including phenoxy) is 2. The van der Waals surface area contributed by atoms with Crippen molar-refractivity contribution in [1.29, 1.82) is 0 Å². The summed E-state index contributed by atoms with van der Waals surface area (Å²) in [5.41, 5.74) is 4.36. The summed E-state index contributed by atoms with van der Waals surface area (Å²) in [6.45, 7) is 9.55.